The molecule has 0 aromatic heterocycles. The van der Waals surface area contributed by atoms with E-state index in [0.29, 0.717) is 18.5 Å². The van der Waals surface area contributed by atoms with Crippen LogP contribution < -0.4 is 22.1 Å². The molecule has 2 rings (SSSR count). The average molecular weight is 304 g/mol. The number of nitrogens with one attached hydrogen (secondary N) is 2. The van der Waals surface area contributed by atoms with E-state index in [4.69, 9.17) is 11.5 Å². The molecule has 1 aromatic rings. The summed E-state index contributed by atoms with van der Waals surface area (Å²) in [5, 5.41) is 5.89. The molecule has 1 aliphatic carbocycles. The smallest absolute Gasteiger partial charge is 0.315 e. The molecule has 1 atom stereocenters. The normalized spacial score (nSPS) is 21.7. The molecule has 1 aliphatic rings. The van der Waals surface area contributed by atoms with E-state index in [1.54, 1.807) is 0 Å². The number of hydrogen-bond acceptors (Lipinski definition) is 3. The topological polar surface area (TPSA) is 93.2 Å². The van der Waals surface area contributed by atoms with Crippen molar-refractivity contribution in [3.05, 3.63) is 35.9 Å². The molecule has 1 aromatic carbocycles. The van der Waals surface area contributed by atoms with Gasteiger partial charge in [-0.15, -0.1) is 0 Å². The predicted octanol–water partition coefficient (Wildman–Crippen LogP) is 1.37. The third kappa shape index (κ3) is 5.66. The fourth-order valence-electron chi connectivity index (χ4n) is 2.95. The van der Waals surface area contributed by atoms with Crippen LogP contribution in [0.15, 0.2) is 30.3 Å². The Hall–Kier alpha value is -1.59. The summed E-state index contributed by atoms with van der Waals surface area (Å²) >= 11 is 0. The molecule has 1 unspecified atom stereocenters. The molecule has 22 heavy (non-hydrogen) atoms. The van der Waals surface area contributed by atoms with Gasteiger partial charge in [-0.3, -0.25) is 0 Å². The van der Waals surface area contributed by atoms with Crippen molar-refractivity contribution in [1.82, 2.24) is 10.6 Å². The minimum Gasteiger partial charge on any atom is -0.338 e. The van der Waals surface area contributed by atoms with Gasteiger partial charge in [0.2, 0.25) is 0 Å². The molecule has 0 saturated heterocycles. The van der Waals surface area contributed by atoms with Gasteiger partial charge in [-0.25, -0.2) is 4.79 Å². The highest BCUT2D eigenvalue weighted by Gasteiger charge is 2.29. The molecular formula is C17H28N4O. The molecule has 1 fully saturated rings. The second-order valence-electron chi connectivity index (χ2n) is 6.25. The molecule has 0 aliphatic heterocycles. The molecule has 2 amide bonds. The number of rotatable bonds is 8. The molecule has 0 spiro atoms. The van der Waals surface area contributed by atoms with Crippen LogP contribution in [0.3, 0.4) is 0 Å². The van der Waals surface area contributed by atoms with Crippen molar-refractivity contribution < 1.29 is 4.79 Å². The Morgan fingerprint density at radius 3 is 2.68 bits per heavy atom. The number of carbonyl (C=O) groups excluding carboxylic acids is 1. The van der Waals surface area contributed by atoms with Gasteiger partial charge in [-0.05, 0) is 50.1 Å². The van der Waals surface area contributed by atoms with Crippen molar-refractivity contribution in [1.29, 1.82) is 0 Å². The van der Waals surface area contributed by atoms with E-state index < -0.39 is 0 Å². The number of carbonyl (C=O) groups is 1. The van der Waals surface area contributed by atoms with Crippen molar-refractivity contribution in [2.45, 2.75) is 44.2 Å². The summed E-state index contributed by atoms with van der Waals surface area (Å²) in [4.78, 5) is 11.8. The van der Waals surface area contributed by atoms with Crippen molar-refractivity contribution in [3.63, 3.8) is 0 Å². The van der Waals surface area contributed by atoms with Gasteiger partial charge >= 0.3 is 6.03 Å². The number of urea groups is 1. The van der Waals surface area contributed by atoms with Crippen LogP contribution >= 0.6 is 0 Å². The van der Waals surface area contributed by atoms with E-state index in [0.717, 1.165) is 38.6 Å². The summed E-state index contributed by atoms with van der Waals surface area (Å²) in [5.41, 5.74) is 12.9. The van der Waals surface area contributed by atoms with Gasteiger partial charge < -0.3 is 22.1 Å². The first-order valence-corrected chi connectivity index (χ1v) is 8.21. The minimum absolute atomic E-state index is 0.0698. The van der Waals surface area contributed by atoms with Gasteiger partial charge in [0, 0.05) is 18.6 Å². The highest BCUT2D eigenvalue weighted by atomic mass is 16.2. The Labute approximate surface area is 132 Å². The molecular weight excluding hydrogens is 276 g/mol. The Morgan fingerprint density at radius 2 is 2.00 bits per heavy atom. The molecule has 1 saturated carbocycles. The number of benzene rings is 1. The number of hydrogen-bond donors (Lipinski definition) is 4. The predicted molar refractivity (Wildman–Crippen MR) is 89.5 cm³/mol. The first kappa shape index (κ1) is 16.8. The Kier molecular flexibility index (Phi) is 6.68. The Balaban J connectivity index is 1.54. The summed E-state index contributed by atoms with van der Waals surface area (Å²) in [5.74, 6) is 0.689. The van der Waals surface area contributed by atoms with Gasteiger partial charge in [0.1, 0.15) is 0 Å². The van der Waals surface area contributed by atoms with Crippen LogP contribution in [-0.2, 0) is 6.42 Å². The second kappa shape index (κ2) is 8.76. The largest absolute Gasteiger partial charge is 0.338 e. The van der Waals surface area contributed by atoms with Gasteiger partial charge in [0.15, 0.2) is 0 Å². The van der Waals surface area contributed by atoms with E-state index in [9.17, 15) is 4.79 Å². The molecule has 0 radical (unpaired) electrons. The lowest BCUT2D eigenvalue weighted by atomic mass is 9.78. The lowest BCUT2D eigenvalue weighted by Gasteiger charge is -2.35. The summed E-state index contributed by atoms with van der Waals surface area (Å²) in [7, 11) is 0. The third-order valence-corrected chi connectivity index (χ3v) is 4.29. The second-order valence-corrected chi connectivity index (χ2v) is 6.25. The molecule has 0 heterocycles. The summed E-state index contributed by atoms with van der Waals surface area (Å²) < 4.78 is 0. The fourth-order valence-corrected chi connectivity index (χ4v) is 2.95. The van der Waals surface area contributed by atoms with E-state index >= 15 is 0 Å². The van der Waals surface area contributed by atoms with Crippen LogP contribution in [-0.4, -0.2) is 31.2 Å². The number of amides is 2. The molecule has 5 nitrogen and oxygen atoms in total. The summed E-state index contributed by atoms with van der Waals surface area (Å²) in [6.07, 6.45) is 4.79. The van der Waals surface area contributed by atoms with Gasteiger partial charge in [0.05, 0.1) is 0 Å². The zero-order valence-electron chi connectivity index (χ0n) is 13.1. The molecule has 122 valence electrons. The maximum absolute atomic E-state index is 11.8. The lowest BCUT2D eigenvalue weighted by Crippen LogP contribution is -2.49. The van der Waals surface area contributed by atoms with Gasteiger partial charge in [0.25, 0.3) is 0 Å². The van der Waals surface area contributed by atoms with E-state index in [-0.39, 0.29) is 12.1 Å². The van der Waals surface area contributed by atoms with Crippen LogP contribution in [0.4, 0.5) is 4.79 Å². The highest BCUT2D eigenvalue weighted by Crippen LogP contribution is 2.29. The standard InChI is InChI=1S/C17H28N4O/c18-8-6-14-11-16(12-14)21-17(22)20-9-7-15(19)10-13-4-2-1-3-5-13/h1-5,14-16H,6-12,18-19H2,(H2,20,21,22). The van der Waals surface area contributed by atoms with E-state index in [1.165, 1.54) is 5.56 Å². The Morgan fingerprint density at radius 1 is 1.27 bits per heavy atom. The molecule has 5 heteroatoms. The SMILES string of the molecule is NCCC1CC(NC(=O)NCCC(N)Cc2ccccc2)C1. The van der Waals surface area contributed by atoms with Crippen molar-refractivity contribution >= 4 is 6.03 Å². The molecule has 6 N–H and O–H groups in total. The highest BCUT2D eigenvalue weighted by molar-refractivity contribution is 5.74. The zero-order chi connectivity index (χ0) is 15.8. The monoisotopic (exact) mass is 304 g/mol. The first-order chi connectivity index (χ1) is 10.7. The summed E-state index contributed by atoms with van der Waals surface area (Å²) in [6.45, 7) is 1.35. The van der Waals surface area contributed by atoms with Gasteiger partial charge in [-0.2, -0.15) is 0 Å². The van der Waals surface area contributed by atoms with E-state index in [2.05, 4.69) is 22.8 Å². The summed E-state index contributed by atoms with van der Waals surface area (Å²) in [6, 6.07) is 10.5. The van der Waals surface area contributed by atoms with Crippen molar-refractivity contribution in [2.75, 3.05) is 13.1 Å². The zero-order valence-corrected chi connectivity index (χ0v) is 13.1. The maximum atomic E-state index is 11.8. The van der Waals surface area contributed by atoms with Crippen LogP contribution in [0, 0.1) is 5.92 Å². The van der Waals surface area contributed by atoms with Crippen LogP contribution in [0.1, 0.15) is 31.2 Å². The molecule has 0 bridgehead atoms. The Bertz CT molecular complexity index is 445. The van der Waals surface area contributed by atoms with Crippen LogP contribution in [0.5, 0.6) is 0 Å². The van der Waals surface area contributed by atoms with Crippen LogP contribution in [0.25, 0.3) is 0 Å². The third-order valence-electron chi connectivity index (χ3n) is 4.29. The van der Waals surface area contributed by atoms with Crippen molar-refractivity contribution in [2.24, 2.45) is 17.4 Å². The van der Waals surface area contributed by atoms with Gasteiger partial charge in [-0.1, -0.05) is 30.3 Å². The maximum Gasteiger partial charge on any atom is 0.315 e. The van der Waals surface area contributed by atoms with Crippen molar-refractivity contribution in [3.8, 4) is 0 Å². The van der Waals surface area contributed by atoms with Crippen LogP contribution in [0.2, 0.25) is 0 Å². The first-order valence-electron chi connectivity index (χ1n) is 8.21. The minimum atomic E-state index is -0.0805. The quantitative estimate of drug-likeness (QED) is 0.584. The number of nitrogens with two attached hydrogens (primary N) is 2. The van der Waals surface area contributed by atoms with E-state index in [1.807, 2.05) is 18.2 Å². The fraction of sp³-hybridized carbons (Fsp3) is 0.588. The average Bonchev–Trinajstić information content (AvgIpc) is 2.46. The lowest BCUT2D eigenvalue weighted by molar-refractivity contribution is 0.197.